The van der Waals surface area contributed by atoms with Crippen molar-refractivity contribution in [2.75, 3.05) is 18.8 Å². The Labute approximate surface area is 96.9 Å². The van der Waals surface area contributed by atoms with Gasteiger partial charge in [-0.15, -0.1) is 0 Å². The van der Waals surface area contributed by atoms with Crippen molar-refractivity contribution in [3.63, 3.8) is 0 Å². The van der Waals surface area contributed by atoms with Crippen molar-refractivity contribution >= 4 is 15.7 Å². The Balaban J connectivity index is 2.62. The Hall–Kier alpha value is -0.620. The summed E-state index contributed by atoms with van der Waals surface area (Å²) in [5.74, 6) is -0.694. The zero-order chi connectivity index (χ0) is 12.3. The van der Waals surface area contributed by atoms with Crippen LogP contribution >= 0.6 is 0 Å². The zero-order valence-electron chi connectivity index (χ0n) is 9.85. The van der Waals surface area contributed by atoms with Gasteiger partial charge in [0.15, 0.2) is 9.84 Å². The highest BCUT2D eigenvalue weighted by Crippen LogP contribution is 2.26. The van der Waals surface area contributed by atoms with Gasteiger partial charge >= 0.3 is 0 Å². The molecule has 5 nitrogen and oxygen atoms in total. The highest BCUT2D eigenvalue weighted by atomic mass is 32.2. The third-order valence-electron chi connectivity index (χ3n) is 2.92. The number of carbonyl (C=O) groups is 1. The number of rotatable bonds is 6. The first-order valence-electron chi connectivity index (χ1n) is 5.63. The van der Waals surface area contributed by atoms with Gasteiger partial charge in [-0.3, -0.25) is 4.79 Å². The van der Waals surface area contributed by atoms with E-state index >= 15 is 0 Å². The second-order valence-electron chi connectivity index (χ2n) is 4.26. The van der Waals surface area contributed by atoms with Crippen molar-refractivity contribution in [3.05, 3.63) is 0 Å². The molecule has 1 rings (SSSR count). The Bertz CT molecular complexity index is 349. The summed E-state index contributed by atoms with van der Waals surface area (Å²) >= 11 is 0. The van der Waals surface area contributed by atoms with Crippen LogP contribution in [0.2, 0.25) is 0 Å². The molecule has 1 aliphatic rings. The van der Waals surface area contributed by atoms with Crippen LogP contribution in [0.25, 0.3) is 0 Å². The van der Waals surface area contributed by atoms with Crippen LogP contribution in [0.1, 0.15) is 26.7 Å². The van der Waals surface area contributed by atoms with E-state index in [0.29, 0.717) is 6.54 Å². The minimum Gasteiger partial charge on any atom is -0.339 e. The average Bonchev–Trinajstić information content (AvgIpc) is 3.01. The first-order chi connectivity index (χ1) is 7.42. The predicted molar refractivity (Wildman–Crippen MR) is 62.7 cm³/mol. The minimum absolute atomic E-state index is 0.0607. The number of hydrogen-bond donors (Lipinski definition) is 1. The van der Waals surface area contributed by atoms with E-state index in [0.717, 1.165) is 12.8 Å². The van der Waals surface area contributed by atoms with E-state index in [9.17, 15) is 13.2 Å². The first kappa shape index (κ1) is 13.4. The fourth-order valence-corrected chi connectivity index (χ4v) is 2.66. The summed E-state index contributed by atoms with van der Waals surface area (Å²) in [5, 5.41) is -0.644. The fraction of sp³-hybridized carbons (Fsp3) is 0.900. The van der Waals surface area contributed by atoms with Crippen LogP contribution in [0.4, 0.5) is 0 Å². The summed E-state index contributed by atoms with van der Waals surface area (Å²) in [6, 6.07) is 0.265. The lowest BCUT2D eigenvalue weighted by atomic mass is 10.4. The molecule has 1 amide bonds. The molecule has 1 saturated carbocycles. The van der Waals surface area contributed by atoms with E-state index in [4.69, 9.17) is 5.73 Å². The van der Waals surface area contributed by atoms with Gasteiger partial charge in [0.1, 0.15) is 5.75 Å². The predicted octanol–water partition coefficient (Wildman–Crippen LogP) is -0.241. The molecule has 1 fully saturated rings. The smallest absolute Gasteiger partial charge is 0.238 e. The quantitative estimate of drug-likeness (QED) is 0.703. The molecule has 0 spiro atoms. The number of carbonyl (C=O) groups excluding carboxylic acids is 1. The second kappa shape index (κ2) is 5.14. The van der Waals surface area contributed by atoms with Gasteiger partial charge in [0.2, 0.25) is 5.91 Å². The lowest BCUT2D eigenvalue weighted by Crippen LogP contribution is -2.40. The third kappa shape index (κ3) is 3.18. The Morgan fingerprint density at radius 3 is 2.44 bits per heavy atom. The SMILES string of the molecule is CCN(C(=O)CS(=O)(=O)C(C)CN)C1CC1. The van der Waals surface area contributed by atoms with Gasteiger partial charge < -0.3 is 10.6 Å². The summed E-state index contributed by atoms with van der Waals surface area (Å²) < 4.78 is 23.4. The average molecular weight is 248 g/mol. The first-order valence-corrected chi connectivity index (χ1v) is 7.35. The topological polar surface area (TPSA) is 80.5 Å². The molecule has 6 heteroatoms. The van der Waals surface area contributed by atoms with Crippen LogP contribution < -0.4 is 5.73 Å². The summed E-state index contributed by atoms with van der Waals surface area (Å²) in [7, 11) is -3.39. The molecule has 1 aliphatic carbocycles. The van der Waals surface area contributed by atoms with Crippen LogP contribution in [-0.2, 0) is 14.6 Å². The minimum atomic E-state index is -3.39. The van der Waals surface area contributed by atoms with Crippen molar-refractivity contribution in [2.45, 2.75) is 38.0 Å². The molecule has 16 heavy (non-hydrogen) atoms. The maximum Gasteiger partial charge on any atom is 0.238 e. The fourth-order valence-electron chi connectivity index (χ4n) is 1.57. The van der Waals surface area contributed by atoms with E-state index in [1.54, 1.807) is 4.90 Å². The van der Waals surface area contributed by atoms with E-state index in [1.165, 1.54) is 6.92 Å². The second-order valence-corrected chi connectivity index (χ2v) is 6.68. The van der Waals surface area contributed by atoms with Gasteiger partial charge in [-0.25, -0.2) is 8.42 Å². The van der Waals surface area contributed by atoms with E-state index < -0.39 is 20.8 Å². The van der Waals surface area contributed by atoms with Gasteiger partial charge in [0.25, 0.3) is 0 Å². The largest absolute Gasteiger partial charge is 0.339 e. The van der Waals surface area contributed by atoms with Crippen molar-refractivity contribution in [1.82, 2.24) is 4.90 Å². The number of nitrogens with zero attached hydrogens (tertiary/aromatic N) is 1. The Morgan fingerprint density at radius 2 is 2.06 bits per heavy atom. The molecule has 0 radical (unpaired) electrons. The molecular weight excluding hydrogens is 228 g/mol. The summed E-state index contributed by atoms with van der Waals surface area (Å²) in [5.41, 5.74) is 5.31. The summed E-state index contributed by atoms with van der Waals surface area (Å²) in [6.45, 7) is 4.05. The van der Waals surface area contributed by atoms with Crippen LogP contribution in [0.5, 0.6) is 0 Å². The van der Waals surface area contributed by atoms with Gasteiger partial charge in [-0.2, -0.15) is 0 Å². The number of nitrogens with two attached hydrogens (primary N) is 1. The zero-order valence-corrected chi connectivity index (χ0v) is 10.7. The van der Waals surface area contributed by atoms with Crippen molar-refractivity contribution < 1.29 is 13.2 Å². The van der Waals surface area contributed by atoms with Crippen LogP contribution in [0, 0.1) is 0 Å². The van der Waals surface area contributed by atoms with Gasteiger partial charge in [-0.1, -0.05) is 0 Å². The molecule has 0 bridgehead atoms. The normalized spacial score (nSPS) is 18.2. The van der Waals surface area contributed by atoms with E-state index in [2.05, 4.69) is 0 Å². The molecule has 0 aromatic rings. The third-order valence-corrected chi connectivity index (χ3v) is 4.99. The summed E-state index contributed by atoms with van der Waals surface area (Å²) in [6.07, 6.45) is 1.98. The maximum absolute atomic E-state index is 11.8. The molecular formula is C10H20N2O3S. The molecule has 0 aromatic carbocycles. The molecule has 0 aliphatic heterocycles. The van der Waals surface area contributed by atoms with Gasteiger partial charge in [0, 0.05) is 19.1 Å². The van der Waals surface area contributed by atoms with Gasteiger partial charge in [0.05, 0.1) is 5.25 Å². The number of hydrogen-bond acceptors (Lipinski definition) is 4. The van der Waals surface area contributed by atoms with Crippen LogP contribution in [0.3, 0.4) is 0 Å². The van der Waals surface area contributed by atoms with Crippen molar-refractivity contribution in [2.24, 2.45) is 5.73 Å². The van der Waals surface area contributed by atoms with Crippen LogP contribution in [-0.4, -0.2) is 49.4 Å². The van der Waals surface area contributed by atoms with E-state index in [1.807, 2.05) is 6.92 Å². The molecule has 0 aromatic heterocycles. The van der Waals surface area contributed by atoms with E-state index in [-0.39, 0.29) is 18.5 Å². The lowest BCUT2D eigenvalue weighted by molar-refractivity contribution is -0.128. The van der Waals surface area contributed by atoms with Crippen molar-refractivity contribution in [3.8, 4) is 0 Å². The highest BCUT2D eigenvalue weighted by Gasteiger charge is 2.34. The maximum atomic E-state index is 11.8. The molecule has 0 saturated heterocycles. The standard InChI is InChI=1S/C10H20N2O3S/c1-3-12(9-4-5-9)10(13)7-16(14,15)8(2)6-11/h8-9H,3-7,11H2,1-2H3. The molecule has 94 valence electrons. The Morgan fingerprint density at radius 1 is 1.50 bits per heavy atom. The number of amides is 1. The lowest BCUT2D eigenvalue weighted by Gasteiger charge is -2.21. The molecule has 1 unspecified atom stereocenters. The number of sulfone groups is 1. The monoisotopic (exact) mass is 248 g/mol. The van der Waals surface area contributed by atoms with Crippen LogP contribution in [0.15, 0.2) is 0 Å². The molecule has 0 heterocycles. The highest BCUT2D eigenvalue weighted by molar-refractivity contribution is 7.92. The molecule has 1 atom stereocenters. The molecule has 2 N–H and O–H groups in total. The Kier molecular flexibility index (Phi) is 4.32. The summed E-state index contributed by atoms with van der Waals surface area (Å²) in [4.78, 5) is 13.5. The van der Waals surface area contributed by atoms with Crippen molar-refractivity contribution in [1.29, 1.82) is 0 Å². The van der Waals surface area contributed by atoms with Gasteiger partial charge in [-0.05, 0) is 26.7 Å².